The minimum absolute atomic E-state index is 0.0194. The van der Waals surface area contributed by atoms with Gasteiger partial charge in [-0.3, -0.25) is 14.7 Å². The van der Waals surface area contributed by atoms with Crippen LogP contribution >= 0.6 is 0 Å². The average molecular weight is 377 g/mol. The lowest BCUT2D eigenvalue weighted by Crippen LogP contribution is -2.25. The monoisotopic (exact) mass is 377 g/mol. The van der Waals surface area contributed by atoms with Crippen molar-refractivity contribution in [3.8, 4) is 0 Å². The molecule has 27 heavy (non-hydrogen) atoms. The van der Waals surface area contributed by atoms with Crippen LogP contribution in [-0.2, 0) is 24.1 Å². The van der Waals surface area contributed by atoms with Crippen molar-refractivity contribution >= 4 is 5.91 Å². The summed E-state index contributed by atoms with van der Waals surface area (Å²) in [5.74, 6) is -0.378. The molecule has 0 saturated carbocycles. The lowest BCUT2D eigenvalue weighted by Gasteiger charge is -2.25. The van der Waals surface area contributed by atoms with E-state index in [9.17, 15) is 18.0 Å². The highest BCUT2D eigenvalue weighted by molar-refractivity contribution is 5.72. The molecule has 7 heteroatoms. The smallest absolute Gasteiger partial charge is 0.352 e. The first-order valence-corrected chi connectivity index (χ1v) is 8.93. The SMILES string of the molecule is CC(=O)NCc1cnc([C@@H]2CCCN2Cc2ccccc2)cc1C(F)(F)F. The number of carbonyl (C=O) groups excluding carboxylic acids is 1. The van der Waals surface area contributed by atoms with Crippen LogP contribution in [0.2, 0.25) is 0 Å². The Labute approximate surface area is 156 Å². The van der Waals surface area contributed by atoms with Gasteiger partial charge in [-0.1, -0.05) is 30.3 Å². The van der Waals surface area contributed by atoms with Crippen LogP contribution in [0.4, 0.5) is 13.2 Å². The van der Waals surface area contributed by atoms with E-state index in [1.54, 1.807) is 0 Å². The topological polar surface area (TPSA) is 45.2 Å². The van der Waals surface area contributed by atoms with Gasteiger partial charge in [-0.25, -0.2) is 0 Å². The molecule has 144 valence electrons. The predicted molar refractivity (Wildman–Crippen MR) is 95.6 cm³/mol. The van der Waals surface area contributed by atoms with E-state index < -0.39 is 11.7 Å². The molecule has 0 bridgehead atoms. The molecule has 4 nitrogen and oxygen atoms in total. The van der Waals surface area contributed by atoms with Gasteiger partial charge in [0.15, 0.2) is 0 Å². The first-order chi connectivity index (χ1) is 12.8. The van der Waals surface area contributed by atoms with Gasteiger partial charge in [0.25, 0.3) is 0 Å². The van der Waals surface area contributed by atoms with Gasteiger partial charge in [-0.2, -0.15) is 13.2 Å². The Morgan fingerprint density at radius 2 is 2.04 bits per heavy atom. The molecule has 1 aromatic heterocycles. The van der Waals surface area contributed by atoms with E-state index in [-0.39, 0.29) is 24.1 Å². The molecule has 1 N–H and O–H groups in total. The van der Waals surface area contributed by atoms with Crippen molar-refractivity contribution < 1.29 is 18.0 Å². The Balaban J connectivity index is 1.85. The summed E-state index contributed by atoms with van der Waals surface area (Å²) >= 11 is 0. The summed E-state index contributed by atoms with van der Waals surface area (Å²) in [7, 11) is 0. The number of hydrogen-bond donors (Lipinski definition) is 1. The molecule has 0 aliphatic carbocycles. The molecule has 3 rings (SSSR count). The van der Waals surface area contributed by atoms with Crippen LogP contribution < -0.4 is 5.32 Å². The maximum Gasteiger partial charge on any atom is 0.416 e. The van der Waals surface area contributed by atoms with Crippen LogP contribution in [0, 0.1) is 0 Å². The number of nitrogens with one attached hydrogen (secondary N) is 1. The normalized spacial score (nSPS) is 17.9. The molecule has 1 fully saturated rings. The third kappa shape index (κ3) is 4.86. The second-order valence-electron chi connectivity index (χ2n) is 6.79. The van der Waals surface area contributed by atoms with E-state index in [2.05, 4.69) is 15.2 Å². The zero-order valence-corrected chi connectivity index (χ0v) is 15.1. The molecule has 0 spiro atoms. The maximum absolute atomic E-state index is 13.5. The average Bonchev–Trinajstić information content (AvgIpc) is 3.08. The molecule has 1 atom stereocenters. The molecule has 0 unspecified atom stereocenters. The minimum Gasteiger partial charge on any atom is -0.352 e. The van der Waals surface area contributed by atoms with Gasteiger partial charge in [0.1, 0.15) is 0 Å². The summed E-state index contributed by atoms with van der Waals surface area (Å²) < 4.78 is 40.6. The number of likely N-dealkylation sites (tertiary alicyclic amines) is 1. The molecule has 2 heterocycles. The number of halogens is 3. The number of pyridine rings is 1. The second-order valence-corrected chi connectivity index (χ2v) is 6.79. The molecular formula is C20H22F3N3O. The fourth-order valence-corrected chi connectivity index (χ4v) is 3.47. The first kappa shape index (κ1) is 19.4. The Morgan fingerprint density at radius 3 is 2.70 bits per heavy atom. The van der Waals surface area contributed by atoms with E-state index in [0.29, 0.717) is 12.2 Å². The number of amides is 1. The van der Waals surface area contributed by atoms with Gasteiger partial charge in [0.05, 0.1) is 17.3 Å². The lowest BCUT2D eigenvalue weighted by atomic mass is 10.0. The minimum atomic E-state index is -4.49. The second kappa shape index (κ2) is 8.08. The number of rotatable bonds is 5. The van der Waals surface area contributed by atoms with Gasteiger partial charge in [-0.05, 0) is 31.0 Å². The van der Waals surface area contributed by atoms with Crippen molar-refractivity contribution in [1.29, 1.82) is 0 Å². The molecule has 1 aliphatic rings. The van der Waals surface area contributed by atoms with E-state index in [4.69, 9.17) is 0 Å². The van der Waals surface area contributed by atoms with Gasteiger partial charge in [0, 0.05) is 31.8 Å². The van der Waals surface area contributed by atoms with Crippen LogP contribution in [0.15, 0.2) is 42.6 Å². The zero-order valence-electron chi connectivity index (χ0n) is 15.1. The Kier molecular flexibility index (Phi) is 5.79. The lowest BCUT2D eigenvalue weighted by molar-refractivity contribution is -0.138. The highest BCUT2D eigenvalue weighted by atomic mass is 19.4. The predicted octanol–water partition coefficient (Wildman–Crippen LogP) is 4.07. The van der Waals surface area contributed by atoms with Crippen molar-refractivity contribution in [3.63, 3.8) is 0 Å². The van der Waals surface area contributed by atoms with E-state index in [1.165, 1.54) is 13.1 Å². The standard InChI is InChI=1S/C20H22F3N3O/c1-14(27)24-11-16-12-25-18(10-17(16)20(21,22)23)19-8-5-9-26(19)13-15-6-3-2-4-7-15/h2-4,6-7,10,12,19H,5,8-9,11,13H2,1H3,(H,24,27)/t19-/m0/s1. The van der Waals surface area contributed by atoms with Gasteiger partial charge in [-0.15, -0.1) is 0 Å². The summed E-state index contributed by atoms with van der Waals surface area (Å²) in [6, 6.07) is 10.9. The number of alkyl halides is 3. The van der Waals surface area contributed by atoms with Crippen molar-refractivity contribution in [1.82, 2.24) is 15.2 Å². The van der Waals surface area contributed by atoms with Crippen LogP contribution in [-0.4, -0.2) is 22.3 Å². The number of aromatic nitrogens is 1. The molecular weight excluding hydrogens is 355 g/mol. The van der Waals surface area contributed by atoms with Gasteiger partial charge >= 0.3 is 6.18 Å². The molecule has 1 amide bonds. The maximum atomic E-state index is 13.5. The summed E-state index contributed by atoms with van der Waals surface area (Å²) in [4.78, 5) is 17.5. The van der Waals surface area contributed by atoms with Crippen molar-refractivity contribution in [2.75, 3.05) is 6.54 Å². The quantitative estimate of drug-likeness (QED) is 0.854. The van der Waals surface area contributed by atoms with Gasteiger partial charge < -0.3 is 5.32 Å². The summed E-state index contributed by atoms with van der Waals surface area (Å²) in [5, 5.41) is 2.42. The largest absolute Gasteiger partial charge is 0.416 e. The molecule has 1 aliphatic heterocycles. The third-order valence-corrected chi connectivity index (χ3v) is 4.77. The summed E-state index contributed by atoms with van der Waals surface area (Å²) in [5.41, 5.74) is 0.812. The third-order valence-electron chi connectivity index (χ3n) is 4.77. The van der Waals surface area contributed by atoms with Crippen LogP contribution in [0.5, 0.6) is 0 Å². The number of carbonyl (C=O) groups is 1. The molecule has 0 radical (unpaired) electrons. The summed E-state index contributed by atoms with van der Waals surface area (Å²) in [6.07, 6.45) is -1.54. The number of hydrogen-bond acceptors (Lipinski definition) is 3. The molecule has 1 saturated heterocycles. The van der Waals surface area contributed by atoms with E-state index >= 15 is 0 Å². The Hall–Kier alpha value is -2.41. The fraction of sp³-hybridized carbons (Fsp3) is 0.400. The zero-order chi connectivity index (χ0) is 19.4. The summed E-state index contributed by atoms with van der Waals surface area (Å²) in [6.45, 7) is 2.60. The van der Waals surface area contributed by atoms with Crippen LogP contribution in [0.25, 0.3) is 0 Å². The van der Waals surface area contributed by atoms with Crippen molar-refractivity contribution in [2.45, 2.75) is 45.1 Å². The van der Waals surface area contributed by atoms with Crippen LogP contribution in [0.3, 0.4) is 0 Å². The molecule has 1 aromatic carbocycles. The number of nitrogens with zero attached hydrogens (tertiary/aromatic N) is 2. The van der Waals surface area contributed by atoms with E-state index in [1.807, 2.05) is 30.3 Å². The van der Waals surface area contributed by atoms with Crippen molar-refractivity contribution in [3.05, 3.63) is 65.0 Å². The highest BCUT2D eigenvalue weighted by Crippen LogP contribution is 2.37. The van der Waals surface area contributed by atoms with Crippen molar-refractivity contribution in [2.24, 2.45) is 0 Å². The van der Waals surface area contributed by atoms with E-state index in [0.717, 1.165) is 31.0 Å². The first-order valence-electron chi connectivity index (χ1n) is 8.93. The molecule has 2 aromatic rings. The highest BCUT2D eigenvalue weighted by Gasteiger charge is 2.36. The van der Waals surface area contributed by atoms with Gasteiger partial charge in [0.2, 0.25) is 5.91 Å². The number of benzene rings is 1. The Bertz CT molecular complexity index is 793. The fourth-order valence-electron chi connectivity index (χ4n) is 3.47. The Morgan fingerprint density at radius 1 is 1.30 bits per heavy atom. The van der Waals surface area contributed by atoms with Crippen LogP contribution in [0.1, 0.15) is 48.2 Å².